The van der Waals surface area contributed by atoms with Crippen molar-refractivity contribution in [1.82, 2.24) is 20.2 Å². The van der Waals surface area contributed by atoms with Crippen LogP contribution in [0.4, 0.5) is 16.4 Å². The van der Waals surface area contributed by atoms with Gasteiger partial charge in [0.2, 0.25) is 0 Å². The molecule has 4 rings (SSSR count). The van der Waals surface area contributed by atoms with E-state index >= 15 is 0 Å². The molecule has 0 spiro atoms. The molecule has 4 heterocycles. The Morgan fingerprint density at radius 2 is 1.69 bits per heavy atom. The number of piperazine rings is 1. The molecule has 0 unspecified atom stereocenters. The Morgan fingerprint density at radius 3 is 2.31 bits per heavy atom. The number of carbonyl (C=O) groups excluding carboxylic acids is 2. The number of carbonyl (C=O) groups is 2. The average Bonchev–Trinajstić information content (AvgIpc) is 2.85. The number of rotatable bonds is 5. The van der Waals surface area contributed by atoms with Crippen LogP contribution in [0.3, 0.4) is 0 Å². The topological polar surface area (TPSA) is 90.9 Å². The molecule has 32 heavy (non-hydrogen) atoms. The van der Waals surface area contributed by atoms with Crippen LogP contribution in [-0.2, 0) is 4.74 Å². The van der Waals surface area contributed by atoms with Crippen molar-refractivity contribution in [3.63, 3.8) is 0 Å². The zero-order chi connectivity index (χ0) is 22.3. The highest BCUT2D eigenvalue weighted by atomic mass is 16.5. The van der Waals surface area contributed by atoms with E-state index < -0.39 is 0 Å². The van der Waals surface area contributed by atoms with Gasteiger partial charge in [0, 0.05) is 57.7 Å². The number of aromatic nitrogens is 2. The van der Waals surface area contributed by atoms with Gasteiger partial charge in [0.05, 0.1) is 12.2 Å². The lowest BCUT2D eigenvalue weighted by molar-refractivity contribution is 0.0526. The first-order valence-corrected chi connectivity index (χ1v) is 11.2. The smallest absolute Gasteiger partial charge is 0.339 e. The van der Waals surface area contributed by atoms with Crippen LogP contribution in [0.2, 0.25) is 0 Å². The largest absolute Gasteiger partial charge is 0.462 e. The van der Waals surface area contributed by atoms with Crippen molar-refractivity contribution in [1.29, 1.82) is 0 Å². The van der Waals surface area contributed by atoms with Gasteiger partial charge in [-0.3, -0.25) is 0 Å². The highest BCUT2D eigenvalue weighted by molar-refractivity contribution is 5.89. The van der Waals surface area contributed by atoms with Crippen molar-refractivity contribution in [2.24, 2.45) is 0 Å². The third-order valence-corrected chi connectivity index (χ3v) is 5.95. The van der Waals surface area contributed by atoms with E-state index in [4.69, 9.17) is 4.74 Å². The lowest BCUT2D eigenvalue weighted by Gasteiger charge is -2.37. The number of anilines is 2. The summed E-state index contributed by atoms with van der Waals surface area (Å²) in [5.41, 5.74) is 0.447. The second-order valence-corrected chi connectivity index (χ2v) is 8.00. The molecule has 0 atom stereocenters. The summed E-state index contributed by atoms with van der Waals surface area (Å²) in [7, 11) is 0. The lowest BCUT2D eigenvalue weighted by atomic mass is 10.1. The number of hydrogen-bond acceptors (Lipinski definition) is 7. The summed E-state index contributed by atoms with van der Waals surface area (Å²) < 4.78 is 4.99. The maximum atomic E-state index is 12.7. The highest BCUT2D eigenvalue weighted by Gasteiger charge is 2.26. The van der Waals surface area contributed by atoms with Gasteiger partial charge in [-0.15, -0.1) is 0 Å². The number of urea groups is 1. The summed E-state index contributed by atoms with van der Waals surface area (Å²) >= 11 is 0. The predicted octanol–water partition coefficient (Wildman–Crippen LogP) is 2.15. The number of pyridine rings is 2. The SMILES string of the molecule is CCOC(=O)c1ccc(N2CCN(C(=O)NC3CCN(c4ccccn4)CC3)CC2)nc1. The van der Waals surface area contributed by atoms with Gasteiger partial charge in [0.15, 0.2) is 0 Å². The summed E-state index contributed by atoms with van der Waals surface area (Å²) in [6.45, 7) is 6.59. The molecule has 2 amide bonds. The van der Waals surface area contributed by atoms with Crippen molar-refractivity contribution < 1.29 is 14.3 Å². The van der Waals surface area contributed by atoms with E-state index in [1.165, 1.54) is 0 Å². The van der Waals surface area contributed by atoms with E-state index in [9.17, 15) is 9.59 Å². The first-order chi connectivity index (χ1) is 15.6. The molecule has 2 aromatic rings. The minimum absolute atomic E-state index is 0.00607. The zero-order valence-corrected chi connectivity index (χ0v) is 18.4. The van der Waals surface area contributed by atoms with Gasteiger partial charge in [0.1, 0.15) is 11.6 Å². The predicted molar refractivity (Wildman–Crippen MR) is 122 cm³/mol. The van der Waals surface area contributed by atoms with Gasteiger partial charge < -0.3 is 24.8 Å². The molecule has 0 aliphatic carbocycles. The molecule has 170 valence electrons. The molecule has 0 saturated carbocycles. The fraction of sp³-hybridized carbons (Fsp3) is 0.478. The molecule has 2 fully saturated rings. The molecule has 0 bridgehead atoms. The second kappa shape index (κ2) is 10.3. The summed E-state index contributed by atoms with van der Waals surface area (Å²) in [5, 5.41) is 3.20. The van der Waals surface area contributed by atoms with Crippen LogP contribution in [0.25, 0.3) is 0 Å². The van der Waals surface area contributed by atoms with E-state index in [1.54, 1.807) is 19.2 Å². The second-order valence-electron chi connectivity index (χ2n) is 8.00. The van der Waals surface area contributed by atoms with E-state index in [2.05, 4.69) is 25.1 Å². The van der Waals surface area contributed by atoms with Crippen LogP contribution in [0.5, 0.6) is 0 Å². The van der Waals surface area contributed by atoms with Crippen LogP contribution in [0.1, 0.15) is 30.1 Å². The summed E-state index contributed by atoms with van der Waals surface area (Å²) in [4.78, 5) is 39.6. The van der Waals surface area contributed by atoms with Crippen molar-refractivity contribution in [2.45, 2.75) is 25.8 Å². The van der Waals surface area contributed by atoms with Crippen molar-refractivity contribution >= 4 is 23.6 Å². The standard InChI is InChI=1S/C23H30N6O3/c1-2-32-22(30)18-6-7-21(25-17-18)28-13-15-29(16-14-28)23(31)26-19-8-11-27(12-9-19)20-5-3-4-10-24-20/h3-7,10,17,19H,2,8-9,11-16H2,1H3,(H,26,31). The summed E-state index contributed by atoms with van der Waals surface area (Å²) in [6, 6.07) is 9.71. The third kappa shape index (κ3) is 5.27. The lowest BCUT2D eigenvalue weighted by Crippen LogP contribution is -2.55. The van der Waals surface area contributed by atoms with E-state index in [0.717, 1.165) is 37.6 Å². The number of nitrogens with one attached hydrogen (secondary N) is 1. The molecule has 9 nitrogen and oxygen atoms in total. The number of hydrogen-bond donors (Lipinski definition) is 1. The number of nitrogens with zero attached hydrogens (tertiary/aromatic N) is 5. The molecule has 2 saturated heterocycles. The molecule has 9 heteroatoms. The Bertz CT molecular complexity index is 892. The average molecular weight is 439 g/mol. The number of esters is 1. The molecule has 2 aromatic heterocycles. The Hall–Kier alpha value is -3.36. The van der Waals surface area contributed by atoms with Crippen LogP contribution in [-0.4, -0.2) is 78.8 Å². The quantitative estimate of drug-likeness (QED) is 0.716. The molecule has 0 aromatic carbocycles. The fourth-order valence-electron chi connectivity index (χ4n) is 4.11. The Morgan fingerprint density at radius 1 is 0.969 bits per heavy atom. The number of ether oxygens (including phenoxy) is 1. The highest BCUT2D eigenvalue weighted by Crippen LogP contribution is 2.18. The molecule has 2 aliphatic heterocycles. The summed E-state index contributed by atoms with van der Waals surface area (Å²) in [6.07, 6.45) is 5.19. The first kappa shape index (κ1) is 21.9. The third-order valence-electron chi connectivity index (χ3n) is 5.95. The van der Waals surface area contributed by atoms with Gasteiger partial charge in [0.25, 0.3) is 0 Å². The van der Waals surface area contributed by atoms with E-state index in [-0.39, 0.29) is 18.0 Å². The van der Waals surface area contributed by atoms with Crippen molar-refractivity contribution in [3.05, 3.63) is 48.3 Å². The monoisotopic (exact) mass is 438 g/mol. The van der Waals surface area contributed by atoms with Crippen LogP contribution >= 0.6 is 0 Å². The molecule has 1 N–H and O–H groups in total. The number of amides is 2. The van der Waals surface area contributed by atoms with Gasteiger partial charge in [-0.2, -0.15) is 0 Å². The van der Waals surface area contributed by atoms with Gasteiger partial charge in [-0.05, 0) is 44.0 Å². The Balaban J connectivity index is 1.21. The Kier molecular flexibility index (Phi) is 7.03. The zero-order valence-electron chi connectivity index (χ0n) is 18.4. The van der Waals surface area contributed by atoms with Crippen molar-refractivity contribution in [3.8, 4) is 0 Å². The maximum Gasteiger partial charge on any atom is 0.339 e. The van der Waals surface area contributed by atoms with Crippen LogP contribution < -0.4 is 15.1 Å². The van der Waals surface area contributed by atoms with E-state index in [1.807, 2.05) is 35.4 Å². The molecule has 2 aliphatic rings. The fourth-order valence-corrected chi connectivity index (χ4v) is 4.11. The molecular formula is C23H30N6O3. The minimum atomic E-state index is -0.362. The molecular weight excluding hydrogens is 408 g/mol. The molecule has 0 radical (unpaired) electrons. The Labute approximate surface area is 188 Å². The van der Waals surface area contributed by atoms with Gasteiger partial charge in [-0.25, -0.2) is 19.6 Å². The van der Waals surface area contributed by atoms with E-state index in [0.29, 0.717) is 38.3 Å². The summed E-state index contributed by atoms with van der Waals surface area (Å²) in [5.74, 6) is 1.44. The maximum absolute atomic E-state index is 12.7. The van der Waals surface area contributed by atoms with Gasteiger partial charge >= 0.3 is 12.0 Å². The van der Waals surface area contributed by atoms with Crippen LogP contribution in [0.15, 0.2) is 42.7 Å². The van der Waals surface area contributed by atoms with Crippen molar-refractivity contribution in [2.75, 3.05) is 55.7 Å². The minimum Gasteiger partial charge on any atom is -0.462 e. The normalized spacial score (nSPS) is 17.2. The first-order valence-electron chi connectivity index (χ1n) is 11.2. The van der Waals surface area contributed by atoms with Gasteiger partial charge in [-0.1, -0.05) is 6.07 Å². The van der Waals surface area contributed by atoms with Crippen LogP contribution in [0, 0.1) is 0 Å². The number of piperidine rings is 1.